The van der Waals surface area contributed by atoms with Crippen molar-refractivity contribution >= 4 is 71.3 Å². The minimum atomic E-state index is 0.617. The van der Waals surface area contributed by atoms with E-state index in [0.29, 0.717) is 17.5 Å². The van der Waals surface area contributed by atoms with Gasteiger partial charge in [-0.3, -0.25) is 0 Å². The molecule has 10 aromatic carbocycles. The lowest BCUT2D eigenvalue weighted by Crippen LogP contribution is -2.09. The third kappa shape index (κ3) is 6.23. The highest BCUT2D eigenvalue weighted by atomic mass is 16.3. The Bertz CT molecular complexity index is 3640. The van der Waals surface area contributed by atoms with Crippen LogP contribution in [0, 0.1) is 0 Å². The molecular formula is C57H36N4O. The van der Waals surface area contributed by atoms with Gasteiger partial charge in [0.1, 0.15) is 11.2 Å². The van der Waals surface area contributed by atoms with E-state index in [1.807, 2.05) is 42.5 Å². The molecule has 0 aliphatic carbocycles. The first-order valence-electron chi connectivity index (χ1n) is 20.8. The quantitative estimate of drug-likeness (QED) is 0.161. The van der Waals surface area contributed by atoms with Crippen molar-refractivity contribution in [3.8, 4) is 45.3 Å². The number of hydrogen-bond donors (Lipinski definition) is 0. The second-order valence-electron chi connectivity index (χ2n) is 15.6. The number of nitrogens with zero attached hydrogens (tertiary/aromatic N) is 4. The Labute approximate surface area is 357 Å². The topological polar surface area (TPSA) is 55.1 Å². The zero-order valence-electron chi connectivity index (χ0n) is 33.5. The molecule has 12 aromatic rings. The first-order chi connectivity index (χ1) is 30.7. The van der Waals surface area contributed by atoms with Gasteiger partial charge in [-0.25, -0.2) is 15.0 Å². The minimum absolute atomic E-state index is 0.617. The molecule has 0 fully saturated rings. The number of furan rings is 1. The number of anilines is 3. The highest BCUT2D eigenvalue weighted by molar-refractivity contribution is 6.19. The maximum atomic E-state index is 6.63. The molecule has 0 atom stereocenters. The largest absolute Gasteiger partial charge is 0.455 e. The van der Waals surface area contributed by atoms with Crippen LogP contribution < -0.4 is 4.90 Å². The third-order valence-corrected chi connectivity index (χ3v) is 11.9. The number of benzene rings is 10. The Morgan fingerprint density at radius 3 is 1.58 bits per heavy atom. The predicted octanol–water partition coefficient (Wildman–Crippen LogP) is 15.4. The third-order valence-electron chi connectivity index (χ3n) is 11.9. The molecule has 0 saturated heterocycles. The summed E-state index contributed by atoms with van der Waals surface area (Å²) in [7, 11) is 0. The summed E-state index contributed by atoms with van der Waals surface area (Å²) < 4.78 is 6.63. The maximum absolute atomic E-state index is 6.63. The monoisotopic (exact) mass is 792 g/mol. The molecule has 5 heteroatoms. The van der Waals surface area contributed by atoms with Crippen LogP contribution in [0.1, 0.15) is 0 Å². The van der Waals surface area contributed by atoms with Gasteiger partial charge in [0.25, 0.3) is 0 Å². The molecular weight excluding hydrogens is 757 g/mol. The molecule has 0 saturated carbocycles. The van der Waals surface area contributed by atoms with E-state index in [4.69, 9.17) is 19.4 Å². The molecule has 62 heavy (non-hydrogen) atoms. The van der Waals surface area contributed by atoms with Gasteiger partial charge >= 0.3 is 0 Å². The predicted molar refractivity (Wildman–Crippen MR) is 256 cm³/mol. The van der Waals surface area contributed by atoms with E-state index < -0.39 is 0 Å². The second-order valence-corrected chi connectivity index (χ2v) is 15.6. The van der Waals surface area contributed by atoms with Crippen molar-refractivity contribution < 1.29 is 4.42 Å². The maximum Gasteiger partial charge on any atom is 0.164 e. The fourth-order valence-corrected chi connectivity index (χ4v) is 8.78. The Balaban J connectivity index is 1.02. The SMILES string of the molecule is c1ccc(-c2nc(-c3ccc(-c4cc5c6ccccc6oc5c5ccc(N(c6ccccc6)c6ccc7ccccc7c6)cc45)cc3)nc(-c3ccc4ccccc4c3)n2)cc1. The van der Waals surface area contributed by atoms with Crippen molar-refractivity contribution in [3.63, 3.8) is 0 Å². The Hall–Kier alpha value is -8.41. The van der Waals surface area contributed by atoms with E-state index in [-0.39, 0.29) is 0 Å². The zero-order valence-corrected chi connectivity index (χ0v) is 33.5. The Kier molecular flexibility index (Phi) is 8.42. The first-order valence-corrected chi connectivity index (χ1v) is 20.8. The van der Waals surface area contributed by atoms with Crippen LogP contribution in [-0.4, -0.2) is 15.0 Å². The molecule has 0 N–H and O–H groups in total. The summed E-state index contributed by atoms with van der Waals surface area (Å²) in [6, 6.07) is 76.6. The summed E-state index contributed by atoms with van der Waals surface area (Å²) in [6.07, 6.45) is 0. The summed E-state index contributed by atoms with van der Waals surface area (Å²) >= 11 is 0. The van der Waals surface area contributed by atoms with Crippen LogP contribution in [0.2, 0.25) is 0 Å². The number of rotatable bonds is 7. The van der Waals surface area contributed by atoms with E-state index in [9.17, 15) is 0 Å². The van der Waals surface area contributed by atoms with Crippen molar-refractivity contribution in [2.75, 3.05) is 4.90 Å². The van der Waals surface area contributed by atoms with E-state index in [1.54, 1.807) is 0 Å². The van der Waals surface area contributed by atoms with E-state index >= 15 is 0 Å². The van der Waals surface area contributed by atoms with Crippen LogP contribution >= 0.6 is 0 Å². The van der Waals surface area contributed by atoms with Gasteiger partial charge in [0.15, 0.2) is 17.5 Å². The number of hydrogen-bond acceptors (Lipinski definition) is 5. The van der Waals surface area contributed by atoms with Crippen LogP contribution in [0.5, 0.6) is 0 Å². The number of aromatic nitrogens is 3. The van der Waals surface area contributed by atoms with E-state index in [1.165, 1.54) is 16.2 Å². The van der Waals surface area contributed by atoms with Gasteiger partial charge in [-0.15, -0.1) is 0 Å². The van der Waals surface area contributed by atoms with Gasteiger partial charge in [-0.2, -0.15) is 0 Å². The zero-order chi connectivity index (χ0) is 41.0. The molecule has 0 spiro atoms. The molecule has 290 valence electrons. The van der Waals surface area contributed by atoms with Crippen molar-refractivity contribution in [1.82, 2.24) is 15.0 Å². The van der Waals surface area contributed by atoms with Gasteiger partial charge < -0.3 is 9.32 Å². The standard InChI is InChI=1S/C57H36N4O/c1-3-15-40(16-4-1)55-58-56(60-57(59-55)44-28-23-37-13-7-9-17-42(37)33-44)41-26-24-39(25-27-41)50-36-52-48-21-11-12-22-53(48)62-54(52)49-32-31-47(35-51(49)50)61(45-19-5-2-6-20-45)46-30-29-38-14-8-10-18-43(38)34-46/h1-36H. The van der Waals surface area contributed by atoms with Crippen LogP contribution in [0.3, 0.4) is 0 Å². The van der Waals surface area contributed by atoms with Crippen LogP contribution in [0.4, 0.5) is 17.1 Å². The molecule has 0 bridgehead atoms. The molecule has 0 aliphatic heterocycles. The average Bonchev–Trinajstić information content (AvgIpc) is 3.73. The molecule has 12 rings (SSSR count). The van der Waals surface area contributed by atoms with Gasteiger partial charge in [0.05, 0.1) is 0 Å². The van der Waals surface area contributed by atoms with Gasteiger partial charge in [0, 0.05) is 49.9 Å². The molecule has 0 aliphatic rings. The molecule has 5 nitrogen and oxygen atoms in total. The van der Waals surface area contributed by atoms with Crippen molar-refractivity contribution in [3.05, 3.63) is 218 Å². The highest BCUT2D eigenvalue weighted by Crippen LogP contribution is 2.44. The Morgan fingerprint density at radius 1 is 0.306 bits per heavy atom. The lowest BCUT2D eigenvalue weighted by molar-refractivity contribution is 0.672. The van der Waals surface area contributed by atoms with Crippen molar-refractivity contribution in [2.45, 2.75) is 0 Å². The van der Waals surface area contributed by atoms with Crippen LogP contribution in [0.25, 0.3) is 99.5 Å². The fraction of sp³-hybridized carbons (Fsp3) is 0. The lowest BCUT2D eigenvalue weighted by atomic mass is 9.94. The normalized spacial score (nSPS) is 11.5. The highest BCUT2D eigenvalue weighted by Gasteiger charge is 2.20. The number of para-hydroxylation sites is 2. The van der Waals surface area contributed by atoms with E-state index in [2.05, 4.69) is 181 Å². The van der Waals surface area contributed by atoms with Crippen molar-refractivity contribution in [1.29, 1.82) is 0 Å². The summed E-state index contributed by atoms with van der Waals surface area (Å²) in [5.41, 5.74) is 9.92. The van der Waals surface area contributed by atoms with Crippen LogP contribution in [0.15, 0.2) is 223 Å². The molecule has 2 heterocycles. The minimum Gasteiger partial charge on any atom is -0.455 e. The van der Waals surface area contributed by atoms with Crippen molar-refractivity contribution in [2.24, 2.45) is 0 Å². The summed E-state index contributed by atoms with van der Waals surface area (Å²) in [5.74, 6) is 1.88. The van der Waals surface area contributed by atoms with Gasteiger partial charge in [-0.05, 0) is 98.7 Å². The summed E-state index contributed by atoms with van der Waals surface area (Å²) in [6.45, 7) is 0. The van der Waals surface area contributed by atoms with E-state index in [0.717, 1.165) is 83.0 Å². The van der Waals surface area contributed by atoms with Gasteiger partial charge in [-0.1, -0.05) is 158 Å². The number of fused-ring (bicyclic) bond motifs is 7. The molecule has 0 radical (unpaired) electrons. The van der Waals surface area contributed by atoms with Gasteiger partial charge in [0.2, 0.25) is 0 Å². The smallest absolute Gasteiger partial charge is 0.164 e. The summed E-state index contributed by atoms with van der Waals surface area (Å²) in [5, 5.41) is 9.03. The lowest BCUT2D eigenvalue weighted by Gasteiger charge is -2.26. The summed E-state index contributed by atoms with van der Waals surface area (Å²) in [4.78, 5) is 17.5. The van der Waals surface area contributed by atoms with Crippen LogP contribution in [-0.2, 0) is 0 Å². The Morgan fingerprint density at radius 2 is 0.839 bits per heavy atom. The second kappa shape index (κ2) is 14.7. The molecule has 0 amide bonds. The molecule has 2 aromatic heterocycles. The average molecular weight is 793 g/mol. The first kappa shape index (κ1) is 35.5. The fourth-order valence-electron chi connectivity index (χ4n) is 8.78. The molecule has 0 unspecified atom stereocenters.